The van der Waals surface area contributed by atoms with Crippen molar-refractivity contribution in [1.82, 2.24) is 34.3 Å². The molecule has 12 nitrogen and oxygen atoms in total. The van der Waals surface area contributed by atoms with Crippen molar-refractivity contribution >= 4 is 33.8 Å². The van der Waals surface area contributed by atoms with Crippen LogP contribution in [-0.4, -0.2) is 79.8 Å². The molecule has 2 aromatic carbocycles. The van der Waals surface area contributed by atoms with Gasteiger partial charge in [0, 0.05) is 61.6 Å². The molecule has 50 heavy (non-hydrogen) atoms. The third-order valence-electron chi connectivity index (χ3n) is 9.85. The molecule has 1 fully saturated rings. The van der Waals surface area contributed by atoms with Crippen molar-refractivity contribution in [3.63, 3.8) is 0 Å². The van der Waals surface area contributed by atoms with Crippen molar-refractivity contribution in [2.75, 3.05) is 20.2 Å². The highest BCUT2D eigenvalue weighted by Gasteiger charge is 2.33. The lowest BCUT2D eigenvalue weighted by molar-refractivity contribution is -0.175. The zero-order valence-corrected chi connectivity index (χ0v) is 28.2. The number of likely N-dealkylation sites (tertiary alicyclic amines) is 1. The lowest BCUT2D eigenvalue weighted by atomic mass is 10.0. The van der Waals surface area contributed by atoms with Gasteiger partial charge in [-0.15, -0.1) is 0 Å². The standard InChI is InChI=1S/C36H40F2N8O4/c1-20-21-8-9-22-17-28(46(27(22)16-21)13-6-4-5-7-25-31(34(47)42-20)41-12-11-40-25)33-43-26-15-23(18-30(49-3)32(26)44(33)2)35(48)45-14-10-29(24(39)19-45)50-36(37)38/h8-9,11-12,15-18,20,24,29,36H,4-7,10,13-14,19,39H2,1-3H3,(H,42,47)/t20-,24+,29-/m1/s1. The van der Waals surface area contributed by atoms with Gasteiger partial charge in [0.15, 0.2) is 5.82 Å². The molecule has 2 bridgehead atoms. The topological polar surface area (TPSA) is 142 Å². The summed E-state index contributed by atoms with van der Waals surface area (Å²) in [4.78, 5) is 42.3. The number of hydrogen-bond donors (Lipinski definition) is 2. The molecule has 0 radical (unpaired) electrons. The fourth-order valence-electron chi connectivity index (χ4n) is 7.24. The van der Waals surface area contributed by atoms with Gasteiger partial charge in [0.25, 0.3) is 11.8 Å². The SMILES string of the molecule is COc1cc(C(=O)N2CC[C@@H](OC(F)F)[C@@H](N)C2)cc2nc(-c3cc4ccc5cc4n3CCCCCc3nccnc3C(=O)N[C@@H]5C)n(C)c12. The molecule has 2 aliphatic rings. The summed E-state index contributed by atoms with van der Waals surface area (Å²) >= 11 is 0. The molecule has 2 amide bonds. The summed E-state index contributed by atoms with van der Waals surface area (Å²) in [5.74, 6) is 0.667. The second-order valence-electron chi connectivity index (χ2n) is 13.0. The molecule has 3 aromatic heterocycles. The summed E-state index contributed by atoms with van der Waals surface area (Å²) in [5.41, 5.74) is 11.8. The fraction of sp³-hybridized carbons (Fsp3) is 0.417. The monoisotopic (exact) mass is 686 g/mol. The van der Waals surface area contributed by atoms with Gasteiger partial charge in [0.1, 0.15) is 17.0 Å². The Morgan fingerprint density at radius 1 is 1.08 bits per heavy atom. The van der Waals surface area contributed by atoms with Crippen LogP contribution in [-0.2, 0) is 24.8 Å². The lowest BCUT2D eigenvalue weighted by Gasteiger charge is -2.36. The van der Waals surface area contributed by atoms with Gasteiger partial charge >= 0.3 is 6.61 Å². The average Bonchev–Trinajstić information content (AvgIpc) is 3.64. The van der Waals surface area contributed by atoms with E-state index in [4.69, 9.17) is 15.5 Å². The number of fused-ring (bicyclic) bond motifs is 3. The maximum atomic E-state index is 13.7. The van der Waals surface area contributed by atoms with Crippen LogP contribution in [0, 0.1) is 0 Å². The van der Waals surface area contributed by atoms with E-state index in [1.54, 1.807) is 36.5 Å². The van der Waals surface area contributed by atoms with E-state index in [1.807, 2.05) is 24.6 Å². The van der Waals surface area contributed by atoms with E-state index in [9.17, 15) is 18.4 Å². The molecule has 14 heteroatoms. The first kappa shape index (κ1) is 33.5. The maximum Gasteiger partial charge on any atom is 0.345 e. The van der Waals surface area contributed by atoms with Gasteiger partial charge in [0.2, 0.25) is 0 Å². The molecule has 7 rings (SSSR count). The third kappa shape index (κ3) is 6.29. The number of piperidine rings is 1. The first-order chi connectivity index (χ1) is 24.1. The Balaban J connectivity index is 1.24. The minimum Gasteiger partial charge on any atom is -0.494 e. The van der Waals surface area contributed by atoms with E-state index < -0.39 is 18.8 Å². The van der Waals surface area contributed by atoms with Crippen molar-refractivity contribution in [3.05, 3.63) is 71.3 Å². The normalized spacial score (nSPS) is 20.3. The van der Waals surface area contributed by atoms with Crippen molar-refractivity contribution in [1.29, 1.82) is 0 Å². The Morgan fingerprint density at radius 3 is 2.68 bits per heavy atom. The van der Waals surface area contributed by atoms with Crippen molar-refractivity contribution in [2.24, 2.45) is 12.8 Å². The number of alkyl halides is 2. The fourth-order valence-corrected chi connectivity index (χ4v) is 7.24. The van der Waals surface area contributed by atoms with Crippen molar-refractivity contribution < 1.29 is 27.8 Å². The van der Waals surface area contributed by atoms with E-state index in [0.29, 0.717) is 40.5 Å². The predicted octanol–water partition coefficient (Wildman–Crippen LogP) is 4.99. The van der Waals surface area contributed by atoms with Crippen molar-refractivity contribution in [2.45, 2.75) is 70.4 Å². The molecule has 5 heterocycles. The quantitative estimate of drug-likeness (QED) is 0.263. The molecule has 5 aromatic rings. The summed E-state index contributed by atoms with van der Waals surface area (Å²) in [5, 5.41) is 4.14. The van der Waals surface area contributed by atoms with Crippen LogP contribution in [0.4, 0.5) is 8.78 Å². The smallest absolute Gasteiger partial charge is 0.345 e. The largest absolute Gasteiger partial charge is 0.494 e. The molecule has 1 saturated heterocycles. The van der Waals surface area contributed by atoms with Crippen LogP contribution in [0.2, 0.25) is 0 Å². The van der Waals surface area contributed by atoms with Gasteiger partial charge < -0.3 is 34.6 Å². The molecule has 0 aliphatic carbocycles. The third-order valence-corrected chi connectivity index (χ3v) is 9.85. The van der Waals surface area contributed by atoms with Gasteiger partial charge in [-0.2, -0.15) is 8.78 Å². The summed E-state index contributed by atoms with van der Waals surface area (Å²) in [6.45, 7) is 0.111. The molecule has 0 unspecified atom stereocenters. The molecular formula is C36H40F2N8O4. The van der Waals surface area contributed by atoms with Crippen molar-refractivity contribution in [3.8, 4) is 17.3 Å². The Kier molecular flexibility index (Phi) is 9.23. The van der Waals surface area contributed by atoms with Crippen LogP contribution in [0.1, 0.15) is 70.8 Å². The number of nitrogens with one attached hydrogen (secondary N) is 1. The summed E-state index contributed by atoms with van der Waals surface area (Å²) in [7, 11) is 3.48. The number of amides is 2. The first-order valence-electron chi connectivity index (χ1n) is 16.9. The van der Waals surface area contributed by atoms with Crippen LogP contribution < -0.4 is 15.8 Å². The summed E-state index contributed by atoms with van der Waals surface area (Å²) in [6.07, 6.45) is 5.90. The predicted molar refractivity (Wildman–Crippen MR) is 183 cm³/mol. The number of carbonyl (C=O) groups excluding carboxylic acids is 2. The summed E-state index contributed by atoms with van der Waals surface area (Å²) in [6, 6.07) is 10.7. The van der Waals surface area contributed by atoms with Gasteiger partial charge in [0.05, 0.1) is 36.2 Å². The number of carbonyl (C=O) groups is 2. The molecule has 0 saturated carbocycles. The number of halogens is 2. The number of benzene rings is 2. The van der Waals surface area contributed by atoms with E-state index in [0.717, 1.165) is 53.5 Å². The van der Waals surface area contributed by atoms with E-state index in [-0.39, 0.29) is 37.4 Å². The Bertz CT molecular complexity index is 2080. The number of ether oxygens (including phenoxy) is 2. The second kappa shape index (κ2) is 13.8. The Hall–Kier alpha value is -4.95. The lowest BCUT2D eigenvalue weighted by Crippen LogP contribution is -2.54. The maximum absolute atomic E-state index is 13.7. The number of hydrogen-bond acceptors (Lipinski definition) is 8. The van der Waals surface area contributed by atoms with Gasteiger partial charge in [-0.3, -0.25) is 14.6 Å². The van der Waals surface area contributed by atoms with Crippen LogP contribution in [0.25, 0.3) is 33.5 Å². The number of imidazole rings is 1. The summed E-state index contributed by atoms with van der Waals surface area (Å²) < 4.78 is 40.3. The Labute approximate surface area is 287 Å². The zero-order chi connectivity index (χ0) is 35.1. The highest BCUT2D eigenvalue weighted by molar-refractivity contribution is 6.00. The zero-order valence-electron chi connectivity index (χ0n) is 28.2. The van der Waals surface area contributed by atoms with Crippen LogP contribution >= 0.6 is 0 Å². The minimum atomic E-state index is -2.92. The minimum absolute atomic E-state index is 0.0916. The number of methoxy groups -OCH3 is 1. The molecule has 2 aliphatic heterocycles. The molecule has 3 N–H and O–H groups in total. The van der Waals surface area contributed by atoms with Gasteiger partial charge in [-0.05, 0) is 62.4 Å². The van der Waals surface area contributed by atoms with E-state index >= 15 is 0 Å². The van der Waals surface area contributed by atoms with E-state index in [2.05, 4.69) is 42.8 Å². The van der Waals surface area contributed by atoms with Gasteiger partial charge in [-0.1, -0.05) is 18.6 Å². The average molecular weight is 687 g/mol. The number of aryl methyl sites for hydroxylation is 3. The molecule has 3 atom stereocenters. The van der Waals surface area contributed by atoms with Gasteiger partial charge in [-0.25, -0.2) is 9.97 Å². The number of nitrogens with zero attached hydrogens (tertiary/aromatic N) is 6. The van der Waals surface area contributed by atoms with Crippen LogP contribution in [0.3, 0.4) is 0 Å². The number of nitrogens with two attached hydrogens (primary N) is 1. The second-order valence-corrected chi connectivity index (χ2v) is 13.0. The Morgan fingerprint density at radius 2 is 1.90 bits per heavy atom. The molecular weight excluding hydrogens is 646 g/mol. The number of aromatic nitrogens is 5. The van der Waals surface area contributed by atoms with Crippen LogP contribution in [0.15, 0.2) is 48.8 Å². The molecule has 262 valence electrons. The number of rotatable bonds is 5. The molecule has 0 spiro atoms. The van der Waals surface area contributed by atoms with E-state index in [1.165, 1.54) is 0 Å². The first-order valence-corrected chi connectivity index (χ1v) is 16.9. The highest BCUT2D eigenvalue weighted by Crippen LogP contribution is 2.36. The highest BCUT2D eigenvalue weighted by atomic mass is 19.3. The van der Waals surface area contributed by atoms with Crippen LogP contribution in [0.5, 0.6) is 5.75 Å².